The van der Waals surface area contributed by atoms with Gasteiger partial charge < -0.3 is 10.0 Å². The minimum absolute atomic E-state index is 0.0119. The number of aliphatic hydroxyl groups is 1. The highest BCUT2D eigenvalue weighted by molar-refractivity contribution is 5.95. The molecule has 2 rings (SSSR count). The van der Waals surface area contributed by atoms with E-state index < -0.39 is 0 Å². The van der Waals surface area contributed by atoms with E-state index in [-0.39, 0.29) is 12.5 Å². The molecular weight excluding hydrogens is 204 g/mol. The summed E-state index contributed by atoms with van der Waals surface area (Å²) in [5.41, 5.74) is 1.39. The monoisotopic (exact) mass is 220 g/mol. The van der Waals surface area contributed by atoms with Crippen LogP contribution in [0.15, 0.2) is 18.3 Å². The third-order valence-electron chi connectivity index (χ3n) is 2.83. The molecule has 1 saturated carbocycles. The van der Waals surface area contributed by atoms with E-state index in [1.54, 1.807) is 23.2 Å². The van der Waals surface area contributed by atoms with Gasteiger partial charge in [-0.05, 0) is 31.9 Å². The SMILES string of the molecule is Cc1ncccc1C(=O)N(CCO)C1CC1. The van der Waals surface area contributed by atoms with Crippen LogP contribution < -0.4 is 0 Å². The van der Waals surface area contributed by atoms with Gasteiger partial charge in [-0.1, -0.05) is 0 Å². The average molecular weight is 220 g/mol. The summed E-state index contributed by atoms with van der Waals surface area (Å²) in [6.45, 7) is 2.26. The highest BCUT2D eigenvalue weighted by atomic mass is 16.3. The van der Waals surface area contributed by atoms with Gasteiger partial charge in [0.1, 0.15) is 0 Å². The summed E-state index contributed by atoms with van der Waals surface area (Å²) >= 11 is 0. The highest BCUT2D eigenvalue weighted by Crippen LogP contribution is 2.28. The highest BCUT2D eigenvalue weighted by Gasteiger charge is 2.33. The van der Waals surface area contributed by atoms with Crippen molar-refractivity contribution in [3.05, 3.63) is 29.6 Å². The Balaban J connectivity index is 2.19. The number of aliphatic hydroxyl groups excluding tert-OH is 1. The van der Waals surface area contributed by atoms with Crippen LogP contribution in [-0.4, -0.2) is 40.1 Å². The van der Waals surface area contributed by atoms with E-state index >= 15 is 0 Å². The van der Waals surface area contributed by atoms with Gasteiger partial charge >= 0.3 is 0 Å². The van der Waals surface area contributed by atoms with Gasteiger partial charge in [0.15, 0.2) is 0 Å². The molecule has 0 aromatic carbocycles. The normalized spacial score (nSPS) is 14.9. The second kappa shape index (κ2) is 4.61. The molecule has 0 atom stereocenters. The molecule has 0 radical (unpaired) electrons. The van der Waals surface area contributed by atoms with Gasteiger partial charge in [-0.15, -0.1) is 0 Å². The molecule has 1 heterocycles. The Labute approximate surface area is 94.9 Å². The van der Waals surface area contributed by atoms with Gasteiger partial charge in [-0.2, -0.15) is 0 Å². The fourth-order valence-corrected chi connectivity index (χ4v) is 1.81. The lowest BCUT2D eigenvalue weighted by Crippen LogP contribution is -2.36. The predicted octanol–water partition coefficient (Wildman–Crippen LogP) is 0.987. The molecule has 0 spiro atoms. The zero-order valence-corrected chi connectivity index (χ0v) is 9.39. The molecule has 1 aromatic heterocycles. The van der Waals surface area contributed by atoms with Crippen LogP contribution in [0, 0.1) is 6.92 Å². The molecule has 1 aliphatic carbocycles. The number of hydrogen-bond donors (Lipinski definition) is 1. The Hall–Kier alpha value is -1.42. The number of carbonyl (C=O) groups excluding carboxylic acids is 1. The maximum absolute atomic E-state index is 12.2. The van der Waals surface area contributed by atoms with E-state index in [0.29, 0.717) is 18.2 Å². The molecule has 0 unspecified atom stereocenters. The summed E-state index contributed by atoms with van der Waals surface area (Å²) in [7, 11) is 0. The summed E-state index contributed by atoms with van der Waals surface area (Å²) in [6.07, 6.45) is 3.77. The third-order valence-corrected chi connectivity index (χ3v) is 2.83. The van der Waals surface area contributed by atoms with Gasteiger partial charge in [0, 0.05) is 24.5 Å². The van der Waals surface area contributed by atoms with Crippen molar-refractivity contribution in [3.8, 4) is 0 Å². The number of aromatic nitrogens is 1. The van der Waals surface area contributed by atoms with Gasteiger partial charge in [-0.3, -0.25) is 9.78 Å². The average Bonchev–Trinajstić information content (AvgIpc) is 3.09. The van der Waals surface area contributed by atoms with Crippen LogP contribution in [0.3, 0.4) is 0 Å². The van der Waals surface area contributed by atoms with E-state index in [9.17, 15) is 4.79 Å². The Morgan fingerprint density at radius 2 is 2.38 bits per heavy atom. The van der Waals surface area contributed by atoms with Crippen LogP contribution in [0.4, 0.5) is 0 Å². The number of nitrogens with zero attached hydrogens (tertiary/aromatic N) is 2. The van der Waals surface area contributed by atoms with Crippen molar-refractivity contribution < 1.29 is 9.90 Å². The van der Waals surface area contributed by atoms with E-state index in [2.05, 4.69) is 4.98 Å². The Kier molecular flexibility index (Phi) is 3.19. The number of pyridine rings is 1. The lowest BCUT2D eigenvalue weighted by Gasteiger charge is -2.21. The van der Waals surface area contributed by atoms with Crippen LogP contribution >= 0.6 is 0 Å². The first-order valence-corrected chi connectivity index (χ1v) is 5.57. The van der Waals surface area contributed by atoms with E-state index in [4.69, 9.17) is 5.11 Å². The fraction of sp³-hybridized carbons (Fsp3) is 0.500. The lowest BCUT2D eigenvalue weighted by molar-refractivity contribution is 0.0706. The van der Waals surface area contributed by atoms with Crippen LogP contribution in [0.2, 0.25) is 0 Å². The maximum Gasteiger partial charge on any atom is 0.256 e. The van der Waals surface area contributed by atoms with Crippen LogP contribution in [0.5, 0.6) is 0 Å². The quantitative estimate of drug-likeness (QED) is 0.823. The van der Waals surface area contributed by atoms with E-state index in [0.717, 1.165) is 18.5 Å². The van der Waals surface area contributed by atoms with Crippen molar-refractivity contribution in [1.29, 1.82) is 0 Å². The number of carbonyl (C=O) groups is 1. The molecule has 0 saturated heterocycles. The topological polar surface area (TPSA) is 53.4 Å². The molecule has 1 aromatic rings. The van der Waals surface area contributed by atoms with Crippen molar-refractivity contribution >= 4 is 5.91 Å². The lowest BCUT2D eigenvalue weighted by atomic mass is 10.2. The van der Waals surface area contributed by atoms with Crippen molar-refractivity contribution in [1.82, 2.24) is 9.88 Å². The second-order valence-electron chi connectivity index (χ2n) is 4.09. The smallest absolute Gasteiger partial charge is 0.256 e. The van der Waals surface area contributed by atoms with Crippen LogP contribution in [0.1, 0.15) is 28.9 Å². The van der Waals surface area contributed by atoms with Crippen LogP contribution in [-0.2, 0) is 0 Å². The van der Waals surface area contributed by atoms with Gasteiger partial charge in [0.25, 0.3) is 5.91 Å². The third kappa shape index (κ3) is 2.22. The molecule has 1 fully saturated rings. The first-order valence-electron chi connectivity index (χ1n) is 5.57. The number of aryl methyl sites for hydroxylation is 1. The minimum Gasteiger partial charge on any atom is -0.395 e. The Morgan fingerprint density at radius 1 is 1.62 bits per heavy atom. The van der Waals surface area contributed by atoms with Crippen molar-refractivity contribution in [2.45, 2.75) is 25.8 Å². The molecule has 1 aliphatic rings. The molecule has 4 nitrogen and oxygen atoms in total. The zero-order chi connectivity index (χ0) is 11.5. The van der Waals surface area contributed by atoms with Gasteiger partial charge in [0.2, 0.25) is 0 Å². The molecule has 86 valence electrons. The molecule has 0 aliphatic heterocycles. The fourth-order valence-electron chi connectivity index (χ4n) is 1.81. The summed E-state index contributed by atoms with van der Waals surface area (Å²) in [6, 6.07) is 3.88. The van der Waals surface area contributed by atoms with Crippen molar-refractivity contribution in [2.75, 3.05) is 13.2 Å². The predicted molar refractivity (Wildman–Crippen MR) is 60.1 cm³/mol. The standard InChI is InChI=1S/C12H16N2O2/c1-9-11(3-2-6-13-9)12(16)14(7-8-15)10-4-5-10/h2-3,6,10,15H,4-5,7-8H2,1H3. The Morgan fingerprint density at radius 3 is 2.94 bits per heavy atom. The molecular formula is C12H16N2O2. The Bertz CT molecular complexity index is 388. The second-order valence-corrected chi connectivity index (χ2v) is 4.09. The minimum atomic E-state index is -0.0119. The molecule has 4 heteroatoms. The molecule has 16 heavy (non-hydrogen) atoms. The van der Waals surface area contributed by atoms with Gasteiger partial charge in [0.05, 0.1) is 12.2 Å². The molecule has 1 N–H and O–H groups in total. The van der Waals surface area contributed by atoms with Crippen molar-refractivity contribution in [3.63, 3.8) is 0 Å². The largest absolute Gasteiger partial charge is 0.395 e. The van der Waals surface area contributed by atoms with E-state index in [1.165, 1.54) is 0 Å². The van der Waals surface area contributed by atoms with Crippen LogP contribution in [0.25, 0.3) is 0 Å². The zero-order valence-electron chi connectivity index (χ0n) is 9.39. The van der Waals surface area contributed by atoms with Gasteiger partial charge in [-0.25, -0.2) is 0 Å². The summed E-state index contributed by atoms with van der Waals surface area (Å²) < 4.78 is 0. The summed E-state index contributed by atoms with van der Waals surface area (Å²) in [5.74, 6) is -0.0119. The first-order chi connectivity index (χ1) is 7.74. The number of amides is 1. The van der Waals surface area contributed by atoms with E-state index in [1.807, 2.05) is 6.92 Å². The summed E-state index contributed by atoms with van der Waals surface area (Å²) in [5, 5.41) is 8.97. The van der Waals surface area contributed by atoms with Crippen molar-refractivity contribution in [2.24, 2.45) is 0 Å². The first kappa shape index (κ1) is 11.1. The molecule has 1 amide bonds. The maximum atomic E-state index is 12.2. The summed E-state index contributed by atoms with van der Waals surface area (Å²) in [4.78, 5) is 18.1. The molecule has 0 bridgehead atoms. The number of hydrogen-bond acceptors (Lipinski definition) is 3. The number of rotatable bonds is 4.